The molecular weight excluding hydrogens is 350 g/mol. The van der Waals surface area contributed by atoms with Gasteiger partial charge in [0.1, 0.15) is 0 Å². The second-order valence-corrected chi connectivity index (χ2v) is 6.78. The fraction of sp³-hybridized carbons (Fsp3) is 0.182. The largest absolute Gasteiger partial charge is 0.352 e. The lowest BCUT2D eigenvalue weighted by atomic mass is 10.0. The van der Waals surface area contributed by atoms with Gasteiger partial charge in [-0.3, -0.25) is 14.9 Å². The minimum absolute atomic E-state index is 0.0787. The number of hydrogen-bond donors (Lipinski definition) is 2. The monoisotopic (exact) mass is 371 g/mol. The van der Waals surface area contributed by atoms with Crippen molar-refractivity contribution in [3.8, 4) is 11.1 Å². The fourth-order valence-electron chi connectivity index (χ4n) is 3.06. The van der Waals surface area contributed by atoms with Gasteiger partial charge in [0.2, 0.25) is 0 Å². The minimum Gasteiger partial charge on any atom is -0.352 e. The Balaban J connectivity index is 1.29. The maximum absolute atomic E-state index is 12.1. The first-order chi connectivity index (χ1) is 13.7. The van der Waals surface area contributed by atoms with Crippen LogP contribution in [0.2, 0.25) is 0 Å². The van der Waals surface area contributed by atoms with E-state index in [0.717, 1.165) is 40.7 Å². The van der Waals surface area contributed by atoms with Gasteiger partial charge in [-0.1, -0.05) is 24.3 Å². The topological polar surface area (TPSA) is 83.6 Å². The molecule has 0 saturated carbocycles. The zero-order chi connectivity index (χ0) is 19.3. The van der Waals surface area contributed by atoms with Crippen LogP contribution >= 0.6 is 0 Å². The molecule has 0 bridgehead atoms. The van der Waals surface area contributed by atoms with Crippen molar-refractivity contribution < 1.29 is 4.79 Å². The molecule has 4 aromatic rings. The molecule has 1 amide bonds. The van der Waals surface area contributed by atoms with Crippen LogP contribution in [0, 0.1) is 6.92 Å². The molecule has 140 valence electrons. The van der Waals surface area contributed by atoms with Crippen molar-refractivity contribution in [3.63, 3.8) is 0 Å². The normalized spacial score (nSPS) is 10.9. The molecule has 0 aliphatic heterocycles. The Bertz CT molecular complexity index is 1080. The van der Waals surface area contributed by atoms with Crippen LogP contribution in [0.3, 0.4) is 0 Å². The molecule has 0 spiro atoms. The molecule has 0 aliphatic carbocycles. The molecule has 2 N–H and O–H groups in total. The van der Waals surface area contributed by atoms with Crippen LogP contribution < -0.4 is 5.32 Å². The third-order valence-electron chi connectivity index (χ3n) is 4.68. The quantitative estimate of drug-likeness (QED) is 0.506. The van der Waals surface area contributed by atoms with E-state index in [1.54, 1.807) is 18.5 Å². The van der Waals surface area contributed by atoms with Crippen molar-refractivity contribution >= 4 is 16.9 Å². The molecule has 6 heteroatoms. The summed E-state index contributed by atoms with van der Waals surface area (Å²) >= 11 is 0. The van der Waals surface area contributed by atoms with Gasteiger partial charge in [0.15, 0.2) is 5.65 Å². The van der Waals surface area contributed by atoms with Gasteiger partial charge in [0.25, 0.3) is 5.91 Å². The van der Waals surface area contributed by atoms with E-state index in [1.165, 1.54) is 5.56 Å². The standard InChI is InChI=1S/C22H21N5O/c1-15-4-7-18(12-24-15)22(28)23-10-2-3-16-5-8-17(9-6-16)19-11-20-14-26-27-21(20)25-13-19/h4-9,11-14H,2-3,10H2,1H3,(H,23,28)(H,25,26,27). The van der Waals surface area contributed by atoms with E-state index in [4.69, 9.17) is 0 Å². The first kappa shape index (κ1) is 17.9. The van der Waals surface area contributed by atoms with E-state index in [-0.39, 0.29) is 5.91 Å². The smallest absolute Gasteiger partial charge is 0.252 e. The fourth-order valence-corrected chi connectivity index (χ4v) is 3.06. The minimum atomic E-state index is -0.0787. The zero-order valence-corrected chi connectivity index (χ0v) is 15.6. The SMILES string of the molecule is Cc1ccc(C(=O)NCCCc2ccc(-c3cnc4[nH]ncc4c3)cc2)cn1. The van der Waals surface area contributed by atoms with Crippen LogP contribution in [0.25, 0.3) is 22.2 Å². The van der Waals surface area contributed by atoms with Crippen LogP contribution in [0.1, 0.15) is 28.0 Å². The van der Waals surface area contributed by atoms with Gasteiger partial charge in [-0.2, -0.15) is 5.10 Å². The number of aromatic amines is 1. The number of amides is 1. The predicted octanol–water partition coefficient (Wildman–Crippen LogP) is 3.69. The van der Waals surface area contributed by atoms with Gasteiger partial charge in [-0.15, -0.1) is 0 Å². The van der Waals surface area contributed by atoms with E-state index >= 15 is 0 Å². The summed E-state index contributed by atoms with van der Waals surface area (Å²) in [6.07, 6.45) is 7.03. The molecule has 0 aliphatic rings. The summed E-state index contributed by atoms with van der Waals surface area (Å²) in [5.41, 5.74) is 5.73. The summed E-state index contributed by atoms with van der Waals surface area (Å²) in [5.74, 6) is -0.0787. The third kappa shape index (κ3) is 4.06. The van der Waals surface area contributed by atoms with E-state index in [2.05, 4.69) is 55.8 Å². The van der Waals surface area contributed by atoms with Crippen LogP contribution in [0.15, 0.2) is 61.1 Å². The van der Waals surface area contributed by atoms with Gasteiger partial charge in [0.05, 0.1) is 11.8 Å². The number of pyridine rings is 2. The van der Waals surface area contributed by atoms with Crippen LogP contribution in [-0.2, 0) is 6.42 Å². The Kier molecular flexibility index (Phi) is 5.10. The Morgan fingerprint density at radius 1 is 1.00 bits per heavy atom. The molecule has 4 rings (SSSR count). The molecule has 0 radical (unpaired) electrons. The van der Waals surface area contributed by atoms with Gasteiger partial charge in [-0.25, -0.2) is 4.98 Å². The molecule has 0 unspecified atom stereocenters. The Labute approximate surface area is 163 Å². The molecule has 1 aromatic carbocycles. The second-order valence-electron chi connectivity index (χ2n) is 6.78. The van der Waals surface area contributed by atoms with Gasteiger partial charge >= 0.3 is 0 Å². The molecule has 0 atom stereocenters. The van der Waals surface area contributed by atoms with E-state index in [0.29, 0.717) is 12.1 Å². The Morgan fingerprint density at radius 2 is 1.86 bits per heavy atom. The van der Waals surface area contributed by atoms with Crippen LogP contribution in [0.4, 0.5) is 0 Å². The summed E-state index contributed by atoms with van der Waals surface area (Å²) in [6.45, 7) is 2.54. The predicted molar refractivity (Wildman–Crippen MR) is 109 cm³/mol. The summed E-state index contributed by atoms with van der Waals surface area (Å²) in [7, 11) is 0. The summed E-state index contributed by atoms with van der Waals surface area (Å²) in [6, 6.07) is 14.2. The maximum Gasteiger partial charge on any atom is 0.252 e. The average molecular weight is 371 g/mol. The second kappa shape index (κ2) is 8.00. The number of fused-ring (bicyclic) bond motifs is 1. The summed E-state index contributed by atoms with van der Waals surface area (Å²) in [5, 5.41) is 10.8. The van der Waals surface area contributed by atoms with Crippen LogP contribution in [0.5, 0.6) is 0 Å². The van der Waals surface area contributed by atoms with Crippen molar-refractivity contribution in [3.05, 3.63) is 77.9 Å². The number of benzene rings is 1. The van der Waals surface area contributed by atoms with Crippen molar-refractivity contribution in [1.82, 2.24) is 25.5 Å². The highest BCUT2D eigenvalue weighted by molar-refractivity contribution is 5.93. The summed E-state index contributed by atoms with van der Waals surface area (Å²) in [4.78, 5) is 20.6. The van der Waals surface area contributed by atoms with Gasteiger partial charge in [0, 0.05) is 35.6 Å². The molecule has 3 aromatic heterocycles. The average Bonchev–Trinajstić information content (AvgIpc) is 3.20. The number of nitrogens with one attached hydrogen (secondary N) is 2. The lowest BCUT2D eigenvalue weighted by molar-refractivity contribution is 0.0953. The third-order valence-corrected chi connectivity index (χ3v) is 4.68. The van der Waals surface area contributed by atoms with E-state index < -0.39 is 0 Å². The number of aromatic nitrogens is 4. The van der Waals surface area contributed by atoms with Crippen molar-refractivity contribution in [2.45, 2.75) is 19.8 Å². The zero-order valence-electron chi connectivity index (χ0n) is 15.6. The molecule has 6 nitrogen and oxygen atoms in total. The highest BCUT2D eigenvalue weighted by Gasteiger charge is 2.05. The van der Waals surface area contributed by atoms with Crippen molar-refractivity contribution in [2.24, 2.45) is 0 Å². The molecule has 28 heavy (non-hydrogen) atoms. The Morgan fingerprint density at radius 3 is 2.64 bits per heavy atom. The maximum atomic E-state index is 12.1. The molecule has 0 fully saturated rings. The van der Waals surface area contributed by atoms with Crippen molar-refractivity contribution in [2.75, 3.05) is 6.54 Å². The summed E-state index contributed by atoms with van der Waals surface area (Å²) < 4.78 is 0. The number of H-pyrrole nitrogens is 1. The van der Waals surface area contributed by atoms with E-state index in [1.807, 2.05) is 19.2 Å². The number of carbonyl (C=O) groups is 1. The van der Waals surface area contributed by atoms with Gasteiger partial charge < -0.3 is 5.32 Å². The number of nitrogens with zero attached hydrogens (tertiary/aromatic N) is 3. The lowest BCUT2D eigenvalue weighted by Gasteiger charge is -2.07. The molecular formula is C22H21N5O. The Hall–Kier alpha value is -3.54. The van der Waals surface area contributed by atoms with Crippen molar-refractivity contribution in [1.29, 1.82) is 0 Å². The number of carbonyl (C=O) groups excluding carboxylic acids is 1. The highest BCUT2D eigenvalue weighted by atomic mass is 16.1. The first-order valence-electron chi connectivity index (χ1n) is 9.28. The van der Waals surface area contributed by atoms with Gasteiger partial charge in [-0.05, 0) is 49.1 Å². The molecule has 0 saturated heterocycles. The lowest BCUT2D eigenvalue weighted by Crippen LogP contribution is -2.24. The number of rotatable bonds is 6. The van der Waals surface area contributed by atoms with E-state index in [9.17, 15) is 4.79 Å². The number of hydrogen-bond acceptors (Lipinski definition) is 4. The molecule has 3 heterocycles. The highest BCUT2D eigenvalue weighted by Crippen LogP contribution is 2.22. The first-order valence-corrected chi connectivity index (χ1v) is 9.28. The van der Waals surface area contributed by atoms with Crippen LogP contribution in [-0.4, -0.2) is 32.6 Å². The number of aryl methyl sites for hydroxylation is 2.